The van der Waals surface area contributed by atoms with E-state index in [9.17, 15) is 9.59 Å². The van der Waals surface area contributed by atoms with E-state index in [1.807, 2.05) is 13.8 Å². The Morgan fingerprint density at radius 1 is 1.35 bits per heavy atom. The van der Waals surface area contributed by atoms with Crippen molar-refractivity contribution in [1.29, 1.82) is 0 Å². The molecule has 0 bridgehead atoms. The van der Waals surface area contributed by atoms with Crippen LogP contribution in [-0.4, -0.2) is 37.6 Å². The van der Waals surface area contributed by atoms with E-state index in [1.54, 1.807) is 24.3 Å². The summed E-state index contributed by atoms with van der Waals surface area (Å²) in [6, 6.07) is 6.92. The van der Waals surface area contributed by atoms with Gasteiger partial charge in [0.25, 0.3) is 11.8 Å². The first kappa shape index (κ1) is 16.0. The predicted molar refractivity (Wildman–Crippen MR) is 76.6 cm³/mol. The maximum absolute atomic E-state index is 12.1. The molecule has 0 spiro atoms. The number of ether oxygens (including phenoxy) is 1. The number of likely N-dealkylation sites (N-methyl/N-ethyl adjacent to an activating group) is 1. The Labute approximate surface area is 118 Å². The van der Waals surface area contributed by atoms with Gasteiger partial charge in [-0.3, -0.25) is 9.59 Å². The maximum atomic E-state index is 12.1. The highest BCUT2D eigenvalue weighted by molar-refractivity contribution is 5.97. The minimum Gasteiger partial charge on any atom is -0.483 e. The monoisotopic (exact) mass is 279 g/mol. The summed E-state index contributed by atoms with van der Waals surface area (Å²) in [5.41, 5.74) is 5.41. The van der Waals surface area contributed by atoms with Crippen molar-refractivity contribution in [3.8, 4) is 5.75 Å². The quantitative estimate of drug-likeness (QED) is 0.637. The largest absolute Gasteiger partial charge is 0.483 e. The van der Waals surface area contributed by atoms with Crippen molar-refractivity contribution in [3.63, 3.8) is 0 Å². The highest BCUT2D eigenvalue weighted by atomic mass is 16.5. The Balaban J connectivity index is 2.65. The van der Waals surface area contributed by atoms with Gasteiger partial charge in [-0.2, -0.15) is 0 Å². The van der Waals surface area contributed by atoms with Gasteiger partial charge in [0, 0.05) is 12.6 Å². The molecule has 4 N–H and O–H groups in total. The van der Waals surface area contributed by atoms with Gasteiger partial charge < -0.3 is 21.1 Å². The molecule has 20 heavy (non-hydrogen) atoms. The number of nitrogens with two attached hydrogens (primary N) is 1. The fourth-order valence-corrected chi connectivity index (χ4v) is 1.69. The van der Waals surface area contributed by atoms with Crippen LogP contribution in [0.2, 0.25) is 0 Å². The Morgan fingerprint density at radius 3 is 2.70 bits per heavy atom. The summed E-state index contributed by atoms with van der Waals surface area (Å²) in [5, 5.41) is 6.01. The van der Waals surface area contributed by atoms with Crippen LogP contribution in [-0.2, 0) is 4.79 Å². The number of para-hydroxylation sites is 1. The lowest BCUT2D eigenvalue weighted by atomic mass is 10.2. The third kappa shape index (κ3) is 5.27. The third-order valence-electron chi connectivity index (χ3n) is 2.62. The van der Waals surface area contributed by atoms with E-state index in [1.165, 1.54) is 0 Å². The first-order valence-corrected chi connectivity index (χ1v) is 6.56. The zero-order valence-electron chi connectivity index (χ0n) is 11.8. The second-order valence-electron chi connectivity index (χ2n) is 4.42. The number of nitrogens with one attached hydrogen (secondary N) is 2. The van der Waals surface area contributed by atoms with Crippen molar-refractivity contribution in [1.82, 2.24) is 10.6 Å². The summed E-state index contributed by atoms with van der Waals surface area (Å²) >= 11 is 0. The molecule has 110 valence electrons. The van der Waals surface area contributed by atoms with Crippen LogP contribution in [0.5, 0.6) is 5.75 Å². The molecule has 1 aromatic rings. The highest BCUT2D eigenvalue weighted by Crippen LogP contribution is 2.17. The maximum Gasteiger partial charge on any atom is 0.255 e. The number of carbonyl (C=O) groups excluding carboxylic acids is 2. The Kier molecular flexibility index (Phi) is 6.52. The molecule has 0 radical (unpaired) electrons. The Hall–Kier alpha value is -2.08. The summed E-state index contributed by atoms with van der Waals surface area (Å²) in [4.78, 5) is 22.8. The molecular weight excluding hydrogens is 258 g/mol. The van der Waals surface area contributed by atoms with Gasteiger partial charge in [-0.15, -0.1) is 0 Å². The molecule has 0 aromatic heterocycles. The molecule has 0 fully saturated rings. The van der Waals surface area contributed by atoms with E-state index >= 15 is 0 Å². The summed E-state index contributed by atoms with van der Waals surface area (Å²) in [5.74, 6) is -0.476. The molecule has 1 atom stereocenters. The van der Waals surface area contributed by atoms with Crippen LogP contribution in [0.3, 0.4) is 0 Å². The predicted octanol–water partition coefficient (Wildman–Crippen LogP) is 0.279. The van der Waals surface area contributed by atoms with Crippen molar-refractivity contribution in [3.05, 3.63) is 29.8 Å². The van der Waals surface area contributed by atoms with E-state index in [0.29, 0.717) is 17.9 Å². The number of primary amides is 1. The van der Waals surface area contributed by atoms with Gasteiger partial charge in [0.05, 0.1) is 5.56 Å². The average molecular weight is 279 g/mol. The zero-order valence-corrected chi connectivity index (χ0v) is 11.8. The van der Waals surface area contributed by atoms with Crippen LogP contribution >= 0.6 is 0 Å². The van der Waals surface area contributed by atoms with Gasteiger partial charge in [-0.25, -0.2) is 0 Å². The topological polar surface area (TPSA) is 93.4 Å². The van der Waals surface area contributed by atoms with Crippen LogP contribution in [0.25, 0.3) is 0 Å². The second-order valence-corrected chi connectivity index (χ2v) is 4.42. The zero-order chi connectivity index (χ0) is 15.0. The molecule has 6 heteroatoms. The fraction of sp³-hybridized carbons (Fsp3) is 0.429. The molecule has 0 aliphatic heterocycles. The standard InChI is InChI=1S/C14H21N3O3/c1-3-16-10(2)8-17-14(19)11-6-4-5-7-12(11)20-9-13(15)18/h4-7,10,16H,3,8-9H2,1-2H3,(H2,15,18)(H,17,19)/t10-/m1/s1. The average Bonchev–Trinajstić information content (AvgIpc) is 2.43. The van der Waals surface area contributed by atoms with Crippen LogP contribution in [0.4, 0.5) is 0 Å². The van der Waals surface area contributed by atoms with Crippen molar-refractivity contribution in [2.45, 2.75) is 19.9 Å². The molecule has 0 saturated heterocycles. The van der Waals surface area contributed by atoms with Gasteiger partial charge in [-0.05, 0) is 25.6 Å². The van der Waals surface area contributed by atoms with Crippen LogP contribution in [0, 0.1) is 0 Å². The number of benzene rings is 1. The minimum atomic E-state index is -0.582. The molecule has 0 saturated carbocycles. The SMILES string of the molecule is CCN[C@H](C)CNC(=O)c1ccccc1OCC(N)=O. The number of amides is 2. The number of rotatable bonds is 8. The molecule has 0 unspecified atom stereocenters. The first-order chi connectivity index (χ1) is 9.54. The van der Waals surface area contributed by atoms with Gasteiger partial charge in [0.1, 0.15) is 5.75 Å². The summed E-state index contributed by atoms with van der Waals surface area (Å²) in [6.45, 7) is 5.09. The minimum absolute atomic E-state index is 0.183. The van der Waals surface area contributed by atoms with E-state index in [0.717, 1.165) is 6.54 Å². The smallest absolute Gasteiger partial charge is 0.255 e. The van der Waals surface area contributed by atoms with Crippen LogP contribution < -0.4 is 21.1 Å². The normalized spacial score (nSPS) is 11.7. The van der Waals surface area contributed by atoms with E-state index in [2.05, 4.69) is 10.6 Å². The van der Waals surface area contributed by atoms with Gasteiger partial charge in [0.15, 0.2) is 6.61 Å². The molecule has 1 aromatic carbocycles. The van der Waals surface area contributed by atoms with Crippen molar-refractivity contribution < 1.29 is 14.3 Å². The molecular formula is C14H21N3O3. The molecule has 1 rings (SSSR count). The molecule has 2 amide bonds. The summed E-state index contributed by atoms with van der Waals surface area (Å²) < 4.78 is 5.22. The molecule has 0 aliphatic carbocycles. The Bertz CT molecular complexity index is 463. The van der Waals surface area contributed by atoms with Gasteiger partial charge in [-0.1, -0.05) is 19.1 Å². The lowest BCUT2D eigenvalue weighted by Gasteiger charge is -2.14. The summed E-state index contributed by atoms with van der Waals surface area (Å²) in [6.07, 6.45) is 0. The number of hydrogen-bond acceptors (Lipinski definition) is 4. The van der Waals surface area contributed by atoms with Crippen molar-refractivity contribution in [2.75, 3.05) is 19.7 Å². The van der Waals surface area contributed by atoms with Crippen LogP contribution in [0.1, 0.15) is 24.2 Å². The van der Waals surface area contributed by atoms with Crippen molar-refractivity contribution in [2.24, 2.45) is 5.73 Å². The van der Waals surface area contributed by atoms with Gasteiger partial charge >= 0.3 is 0 Å². The van der Waals surface area contributed by atoms with E-state index in [4.69, 9.17) is 10.5 Å². The molecule has 0 heterocycles. The summed E-state index contributed by atoms with van der Waals surface area (Å²) in [7, 11) is 0. The Morgan fingerprint density at radius 2 is 2.05 bits per heavy atom. The van der Waals surface area contributed by atoms with Crippen molar-refractivity contribution >= 4 is 11.8 Å². The first-order valence-electron chi connectivity index (χ1n) is 6.56. The lowest BCUT2D eigenvalue weighted by Crippen LogP contribution is -2.38. The highest BCUT2D eigenvalue weighted by Gasteiger charge is 2.13. The third-order valence-corrected chi connectivity index (χ3v) is 2.62. The number of hydrogen-bond donors (Lipinski definition) is 3. The van der Waals surface area contributed by atoms with Gasteiger partial charge in [0.2, 0.25) is 0 Å². The van der Waals surface area contributed by atoms with E-state index < -0.39 is 5.91 Å². The second kappa shape index (κ2) is 8.16. The lowest BCUT2D eigenvalue weighted by molar-refractivity contribution is -0.119. The molecule has 6 nitrogen and oxygen atoms in total. The number of carbonyl (C=O) groups is 2. The fourth-order valence-electron chi connectivity index (χ4n) is 1.69. The van der Waals surface area contributed by atoms with E-state index in [-0.39, 0.29) is 18.6 Å². The van der Waals surface area contributed by atoms with Crippen LogP contribution in [0.15, 0.2) is 24.3 Å². The molecule has 0 aliphatic rings.